The summed E-state index contributed by atoms with van der Waals surface area (Å²) < 4.78 is 0. The Kier molecular flexibility index (Phi) is 6.68. The van der Waals surface area contributed by atoms with E-state index in [0.717, 1.165) is 6.67 Å². The van der Waals surface area contributed by atoms with Gasteiger partial charge >= 0.3 is 0 Å². The van der Waals surface area contributed by atoms with Crippen LogP contribution in [0.2, 0.25) is 0 Å². The number of hydrogen-bond donors (Lipinski definition) is 1. The smallest absolute Gasteiger partial charge is 0.166 e. The third-order valence-corrected chi connectivity index (χ3v) is 5.79. The Hall–Kier alpha value is -1.48. The Balaban J connectivity index is 0.00000261. The minimum absolute atomic E-state index is 0. The van der Waals surface area contributed by atoms with Crippen molar-refractivity contribution < 1.29 is 17.3 Å². The summed E-state index contributed by atoms with van der Waals surface area (Å²) in [4.78, 5) is 3.84. The van der Waals surface area contributed by atoms with Crippen molar-refractivity contribution >= 4 is 23.0 Å². The second-order valence-corrected chi connectivity index (χ2v) is 8.06. The van der Waals surface area contributed by atoms with E-state index in [1.165, 1.54) is 61.0 Å². The van der Waals surface area contributed by atoms with Crippen LogP contribution in [0.1, 0.15) is 40.3 Å². The van der Waals surface area contributed by atoms with Crippen LogP contribution in [0, 0.1) is 41.5 Å². The van der Waals surface area contributed by atoms with Gasteiger partial charge in [0.1, 0.15) is 11.4 Å². The largest absolute Gasteiger partial charge is 1.00 e. The first kappa shape index (κ1) is 21.8. The Morgan fingerprint density at radius 1 is 0.815 bits per heavy atom. The third-order valence-electron chi connectivity index (χ3n) is 5.54. The Morgan fingerprint density at radius 3 is 1.70 bits per heavy atom. The van der Waals surface area contributed by atoms with Crippen LogP contribution in [0.25, 0.3) is 0 Å². The molecule has 27 heavy (non-hydrogen) atoms. The molecule has 0 radical (unpaired) electrons. The van der Waals surface area contributed by atoms with Crippen molar-refractivity contribution in [3.8, 4) is 0 Å². The molecule has 2 aromatic rings. The molecule has 0 aliphatic carbocycles. The molecule has 1 heterocycles. The van der Waals surface area contributed by atoms with Crippen molar-refractivity contribution in [3.05, 3.63) is 69.0 Å². The molecule has 1 N–H and O–H groups in total. The van der Waals surface area contributed by atoms with E-state index < -0.39 is 0 Å². The van der Waals surface area contributed by atoms with Gasteiger partial charge in [0.15, 0.2) is 6.67 Å². The fraction of sp³-hybridized carbons (Fsp3) is 0.391. The molecular weight excluding hydrogens is 375 g/mol. The van der Waals surface area contributed by atoms with Crippen molar-refractivity contribution in [2.75, 3.05) is 17.4 Å². The summed E-state index contributed by atoms with van der Waals surface area (Å²) in [6, 6.07) is 9.11. The number of anilines is 1. The highest BCUT2D eigenvalue weighted by Crippen LogP contribution is 2.32. The summed E-state index contributed by atoms with van der Waals surface area (Å²) >= 11 is 6.43. The number of nitrogens with zero attached hydrogens (tertiary/aromatic N) is 1. The van der Waals surface area contributed by atoms with Crippen molar-refractivity contribution in [1.82, 2.24) is 0 Å². The number of alkyl halides is 1. The van der Waals surface area contributed by atoms with Crippen molar-refractivity contribution in [2.45, 2.75) is 48.5 Å². The molecule has 2 nitrogen and oxygen atoms in total. The van der Waals surface area contributed by atoms with Crippen LogP contribution >= 0.6 is 11.6 Å². The minimum atomic E-state index is 0. The third kappa shape index (κ3) is 3.89. The van der Waals surface area contributed by atoms with Gasteiger partial charge in [-0.1, -0.05) is 35.4 Å². The van der Waals surface area contributed by atoms with Gasteiger partial charge in [-0.15, -0.1) is 11.6 Å². The lowest BCUT2D eigenvalue weighted by atomic mass is 10.0. The SMILES string of the molecule is CC1=C(CCl)N(c2c(C)cc(C)cc2C)C[NH+]1c1c(C)cc(C)cc1C.[Cl-]. The van der Waals surface area contributed by atoms with Gasteiger partial charge < -0.3 is 12.4 Å². The van der Waals surface area contributed by atoms with Gasteiger partial charge in [0.05, 0.1) is 17.3 Å². The average molecular weight is 405 g/mol. The molecule has 0 bridgehead atoms. The molecular formula is C23H30Cl2N2. The van der Waals surface area contributed by atoms with Crippen LogP contribution in [0.5, 0.6) is 0 Å². The van der Waals surface area contributed by atoms with E-state index in [2.05, 4.69) is 77.6 Å². The molecule has 0 spiro atoms. The maximum Gasteiger partial charge on any atom is 0.166 e. The lowest BCUT2D eigenvalue weighted by molar-refractivity contribution is -0.783. The Labute approximate surface area is 175 Å². The lowest BCUT2D eigenvalue weighted by Crippen LogP contribution is -3.05. The van der Waals surface area contributed by atoms with Gasteiger partial charge in [-0.2, -0.15) is 0 Å². The molecule has 1 aliphatic heterocycles. The number of allylic oxidation sites excluding steroid dienone is 2. The molecule has 0 saturated carbocycles. The predicted molar refractivity (Wildman–Crippen MR) is 113 cm³/mol. The van der Waals surface area contributed by atoms with Crippen LogP contribution in [0.15, 0.2) is 35.7 Å². The average Bonchev–Trinajstić information content (AvgIpc) is 2.82. The van der Waals surface area contributed by atoms with Gasteiger partial charge in [0, 0.05) is 18.1 Å². The lowest BCUT2D eigenvalue weighted by Gasteiger charge is -2.25. The van der Waals surface area contributed by atoms with Gasteiger partial charge in [0.25, 0.3) is 0 Å². The van der Waals surface area contributed by atoms with E-state index in [-0.39, 0.29) is 12.4 Å². The molecule has 146 valence electrons. The minimum Gasteiger partial charge on any atom is -1.00 e. The normalized spacial score (nSPS) is 16.7. The fourth-order valence-electron chi connectivity index (χ4n) is 4.66. The first-order valence-electron chi connectivity index (χ1n) is 9.30. The van der Waals surface area contributed by atoms with Crippen LogP contribution in [-0.2, 0) is 0 Å². The highest BCUT2D eigenvalue weighted by atomic mass is 35.5. The zero-order valence-corrected chi connectivity index (χ0v) is 18.9. The highest BCUT2D eigenvalue weighted by molar-refractivity contribution is 6.19. The quantitative estimate of drug-likeness (QED) is 0.768. The first-order chi connectivity index (χ1) is 12.2. The zero-order valence-electron chi connectivity index (χ0n) is 17.4. The molecule has 0 aromatic heterocycles. The maximum absolute atomic E-state index is 6.43. The summed E-state index contributed by atoms with van der Waals surface area (Å²) in [5.74, 6) is 0.534. The van der Waals surface area contributed by atoms with E-state index >= 15 is 0 Å². The number of quaternary nitrogens is 1. The molecule has 3 rings (SSSR count). The van der Waals surface area contributed by atoms with Crippen LogP contribution in [-0.4, -0.2) is 12.5 Å². The predicted octanol–water partition coefficient (Wildman–Crippen LogP) is 2.01. The van der Waals surface area contributed by atoms with Crippen LogP contribution in [0.3, 0.4) is 0 Å². The maximum atomic E-state index is 6.43. The molecule has 0 fully saturated rings. The van der Waals surface area contributed by atoms with Crippen LogP contribution < -0.4 is 22.2 Å². The molecule has 2 aromatic carbocycles. The van der Waals surface area contributed by atoms with Gasteiger partial charge in [-0.3, -0.25) is 9.80 Å². The number of nitrogens with one attached hydrogen (secondary N) is 1. The number of hydrogen-bond acceptors (Lipinski definition) is 1. The number of benzene rings is 2. The molecule has 0 saturated heterocycles. The van der Waals surface area contributed by atoms with Crippen molar-refractivity contribution in [1.29, 1.82) is 0 Å². The summed E-state index contributed by atoms with van der Waals surface area (Å²) in [5, 5.41) is 0. The molecule has 4 heteroatoms. The van der Waals surface area contributed by atoms with E-state index in [4.69, 9.17) is 11.6 Å². The van der Waals surface area contributed by atoms with E-state index in [1.807, 2.05) is 0 Å². The zero-order chi connectivity index (χ0) is 19.2. The second-order valence-electron chi connectivity index (χ2n) is 7.79. The molecule has 1 unspecified atom stereocenters. The number of rotatable bonds is 3. The molecule has 1 atom stereocenters. The van der Waals surface area contributed by atoms with Crippen LogP contribution in [0.4, 0.5) is 11.4 Å². The molecule has 1 aliphatic rings. The first-order valence-corrected chi connectivity index (χ1v) is 9.83. The van der Waals surface area contributed by atoms with Gasteiger partial charge in [-0.05, 0) is 52.7 Å². The van der Waals surface area contributed by atoms with Gasteiger partial charge in [-0.25, -0.2) is 0 Å². The van der Waals surface area contributed by atoms with Crippen molar-refractivity contribution in [2.24, 2.45) is 0 Å². The Bertz CT molecular complexity index is 853. The number of halogens is 2. The Morgan fingerprint density at radius 2 is 1.26 bits per heavy atom. The van der Waals surface area contributed by atoms with E-state index in [0.29, 0.717) is 5.88 Å². The highest BCUT2D eigenvalue weighted by Gasteiger charge is 2.35. The summed E-state index contributed by atoms with van der Waals surface area (Å²) in [6.07, 6.45) is 0. The topological polar surface area (TPSA) is 7.68 Å². The second kappa shape index (κ2) is 8.26. The number of aryl methyl sites for hydroxylation is 6. The summed E-state index contributed by atoms with van der Waals surface area (Å²) in [5.41, 5.74) is 13.2. The standard InChI is InChI=1S/C23H29ClN2.ClH/c1-14-8-16(3)22(17(4)9-14)25-13-26(21(12-24)20(25)7)23-18(5)10-15(2)11-19(23)6;/h8-11H,12-13H2,1-7H3;1H. The van der Waals surface area contributed by atoms with Crippen molar-refractivity contribution in [3.63, 3.8) is 0 Å². The van der Waals surface area contributed by atoms with Gasteiger partial charge in [0.2, 0.25) is 0 Å². The monoisotopic (exact) mass is 404 g/mol. The summed E-state index contributed by atoms with van der Waals surface area (Å²) in [6.45, 7) is 16.3. The van der Waals surface area contributed by atoms with E-state index in [9.17, 15) is 0 Å². The summed E-state index contributed by atoms with van der Waals surface area (Å²) in [7, 11) is 0. The molecule has 0 amide bonds. The fourth-order valence-corrected chi connectivity index (χ4v) is 5.00. The van der Waals surface area contributed by atoms with E-state index in [1.54, 1.807) is 0 Å².